The highest BCUT2D eigenvalue weighted by Gasteiger charge is 2.72. The fourth-order valence-corrected chi connectivity index (χ4v) is 21.9. The number of halogens is 2. The molecule has 9 rings (SSSR count). The van der Waals surface area contributed by atoms with Crippen molar-refractivity contribution < 1.29 is 46.0 Å². The minimum Gasteiger partial charge on any atom is -0.404 e. The van der Waals surface area contributed by atoms with Gasteiger partial charge in [-0.25, -0.2) is 0 Å². The molecular weight excluding hydrogens is 899 g/mol. The van der Waals surface area contributed by atoms with E-state index in [4.69, 9.17) is 7.17 Å². The maximum atomic E-state index is 14.3. The topological polar surface area (TPSA) is 124 Å². The quantitative estimate of drug-likeness (QED) is 0.204. The maximum absolute atomic E-state index is 14.3. The van der Waals surface area contributed by atoms with E-state index < -0.39 is 25.3 Å². The molecule has 7 fully saturated rings. The summed E-state index contributed by atoms with van der Waals surface area (Å²) < 4.78 is 38.2. The van der Waals surface area contributed by atoms with Crippen LogP contribution < -0.4 is 10.4 Å². The number of aliphatic hydroxyl groups is 4. The number of carbonyl (C=O) groups excluding carboxylic acids is 2. The monoisotopic (exact) mass is 1000 g/mol. The number of hydrogen-bond acceptors (Lipinski definition) is 7. The van der Waals surface area contributed by atoms with Crippen LogP contribution in [0.5, 0.6) is 0 Å². The molecule has 0 amide bonds. The van der Waals surface area contributed by atoms with E-state index in [-0.39, 0.29) is 97.9 Å². The molecule has 6 aliphatic carbocycles. The third-order valence-corrected chi connectivity index (χ3v) is 25.4. The number of hydrogen-bond donors (Lipinski definition) is 4. The van der Waals surface area contributed by atoms with Crippen LogP contribution in [0.2, 0.25) is 6.04 Å². The summed E-state index contributed by atoms with van der Waals surface area (Å²) in [6.07, 6.45) is 10.3. The molecule has 6 saturated carbocycles. The molecule has 402 valence electrons. The lowest BCUT2D eigenvalue weighted by Crippen LogP contribution is -2.73. The summed E-state index contributed by atoms with van der Waals surface area (Å²) in [7, 11) is 0.945. The first-order valence-electron chi connectivity index (χ1n) is 27.6. The van der Waals surface area contributed by atoms with Gasteiger partial charge >= 0.3 is 0 Å². The van der Waals surface area contributed by atoms with Crippen LogP contribution in [0, 0.1) is 79.8 Å². The average molecular weight is 1000 g/mol. The van der Waals surface area contributed by atoms with Gasteiger partial charge in [0, 0.05) is 50.6 Å². The second-order valence-electron chi connectivity index (χ2n) is 23.1. The van der Waals surface area contributed by atoms with E-state index in [1.54, 1.807) is 0 Å². The number of aliphatic hydroxyl groups excluding tert-OH is 4. The minimum absolute atomic E-state index is 0. The Labute approximate surface area is 429 Å². The first kappa shape index (κ1) is 60.2. The van der Waals surface area contributed by atoms with Crippen LogP contribution >= 0.6 is 0 Å². The van der Waals surface area contributed by atoms with Crippen LogP contribution in [0.15, 0.2) is 60.7 Å². The Balaban J connectivity index is 0.000000446. The molecule has 1 heterocycles. The van der Waals surface area contributed by atoms with Crippen LogP contribution in [-0.2, 0) is 14.0 Å². The molecule has 7 nitrogen and oxygen atoms in total. The van der Waals surface area contributed by atoms with Gasteiger partial charge in [-0.05, 0) is 145 Å². The minimum atomic E-state index is -2.55. The van der Waals surface area contributed by atoms with Gasteiger partial charge in [0.05, 0.1) is 26.6 Å². The summed E-state index contributed by atoms with van der Waals surface area (Å²) in [5.41, 5.74) is -1.51. The summed E-state index contributed by atoms with van der Waals surface area (Å²) in [4.78, 5) is 27.8. The van der Waals surface area contributed by atoms with Crippen molar-refractivity contribution in [3.8, 4) is 0 Å². The van der Waals surface area contributed by atoms with Gasteiger partial charge in [0.1, 0.15) is 11.6 Å². The third-order valence-electron chi connectivity index (χ3n) is 21.2. The van der Waals surface area contributed by atoms with E-state index >= 15 is 0 Å². The molecule has 0 aromatic heterocycles. The SMILES string of the molecule is C.C.CC[C@]1(C)C[C@@H](O)[C@@]2(C)C3[C@H](CO)CC[C@@]3(CC[C@H]2CO)[C@@H](C)C1=O.CC[C@]1(C)C[C@H]2O[Si](c3ccccc3)(c3ccccc3)C[C@@H]3CC[C@]4(CC[C@@H](CO)C4[C@@]32C)[C@@H](C)C1=O.CF.CF.[2H]C.[2H]C. The summed E-state index contributed by atoms with van der Waals surface area (Å²) in [6.45, 7) is 17.9. The van der Waals surface area contributed by atoms with E-state index in [0.717, 1.165) is 70.3 Å². The number of carbonyl (C=O) groups is 2. The highest BCUT2D eigenvalue weighted by Crippen LogP contribution is 2.73. The molecule has 7 aliphatic rings. The van der Waals surface area contributed by atoms with Gasteiger partial charge in [-0.2, -0.15) is 0 Å². The van der Waals surface area contributed by atoms with Gasteiger partial charge in [0.2, 0.25) is 0 Å². The smallest absolute Gasteiger partial charge is 0.256 e. The van der Waals surface area contributed by atoms with Crippen molar-refractivity contribution in [2.45, 2.75) is 180 Å². The van der Waals surface area contributed by atoms with E-state index in [1.165, 1.54) is 31.6 Å². The number of ketones is 2. The van der Waals surface area contributed by atoms with Crippen molar-refractivity contribution in [2.24, 2.45) is 79.8 Å². The Morgan fingerprint density at radius 1 is 0.629 bits per heavy atom. The van der Waals surface area contributed by atoms with Gasteiger partial charge in [0.25, 0.3) is 8.32 Å². The summed E-state index contributed by atoms with van der Waals surface area (Å²) in [5, 5.41) is 44.9. The third kappa shape index (κ3) is 9.54. The van der Waals surface area contributed by atoms with E-state index in [0.29, 0.717) is 44.2 Å². The van der Waals surface area contributed by atoms with E-state index in [1.807, 2.05) is 13.8 Å². The summed E-state index contributed by atoms with van der Waals surface area (Å²) >= 11 is 0. The van der Waals surface area contributed by atoms with Crippen LogP contribution in [0.3, 0.4) is 0 Å². The Morgan fingerprint density at radius 2 is 1.03 bits per heavy atom. The van der Waals surface area contributed by atoms with Crippen molar-refractivity contribution in [1.29, 1.82) is 0 Å². The molecule has 10 heteroatoms. The van der Waals surface area contributed by atoms with Crippen molar-refractivity contribution >= 4 is 30.3 Å². The predicted molar refractivity (Wildman–Crippen MR) is 289 cm³/mol. The van der Waals surface area contributed by atoms with Crippen LogP contribution in [0.1, 0.15) is 165 Å². The fraction of sp³-hybridized carbons (Fsp3) is 0.767. The van der Waals surface area contributed by atoms with Crippen LogP contribution in [-0.4, -0.2) is 86.7 Å². The Morgan fingerprint density at radius 3 is 1.44 bits per heavy atom. The Bertz CT molecular complexity index is 1930. The summed E-state index contributed by atoms with van der Waals surface area (Å²) in [5.74, 6) is 2.13. The lowest BCUT2D eigenvalue weighted by Gasteiger charge is -2.67. The highest BCUT2D eigenvalue weighted by molar-refractivity contribution is 6.97. The first-order valence-corrected chi connectivity index (χ1v) is 27.7. The fourth-order valence-electron chi connectivity index (χ4n) is 17.1. The van der Waals surface area contributed by atoms with Crippen molar-refractivity contribution in [3.63, 3.8) is 0 Å². The van der Waals surface area contributed by atoms with Gasteiger partial charge in [-0.1, -0.05) is 146 Å². The average Bonchev–Trinajstić information content (AvgIpc) is 4.02. The second kappa shape index (κ2) is 24.3. The number of Topliss-reactive ketones (excluding diaryl/α,β-unsaturated/α-hetero) is 2. The molecule has 2 unspecified atom stereocenters. The lowest BCUT2D eigenvalue weighted by atomic mass is 9.43. The van der Waals surface area contributed by atoms with Gasteiger partial charge in [-0.3, -0.25) is 18.4 Å². The normalized spacial score (nSPS) is 41.9. The van der Waals surface area contributed by atoms with Crippen molar-refractivity contribution in [3.05, 3.63) is 60.7 Å². The molecule has 16 atom stereocenters. The Kier molecular flexibility index (Phi) is 20.9. The number of rotatable bonds is 7. The van der Waals surface area contributed by atoms with Gasteiger partial charge in [0.15, 0.2) is 0 Å². The predicted octanol–water partition coefficient (Wildman–Crippen LogP) is 12.1. The van der Waals surface area contributed by atoms with Crippen LogP contribution in [0.4, 0.5) is 8.78 Å². The zero-order chi connectivity index (χ0) is 52.7. The lowest BCUT2D eigenvalue weighted by molar-refractivity contribution is -0.191. The molecule has 2 aromatic rings. The molecule has 0 radical (unpaired) electrons. The number of benzene rings is 2. The molecule has 4 bridgehead atoms. The first-order chi connectivity index (χ1) is 33.5. The summed E-state index contributed by atoms with van der Waals surface area (Å²) in [6, 6.07) is 23.1. The second-order valence-corrected chi connectivity index (χ2v) is 26.5. The van der Waals surface area contributed by atoms with E-state index in [9.17, 15) is 38.8 Å². The molecule has 1 aliphatic heterocycles. The van der Waals surface area contributed by atoms with Gasteiger partial charge in [-0.15, -0.1) is 0 Å². The number of alkyl halides is 2. The standard InChI is InChI=1S/C33H44O3Si.C21H36O4.2CH3F.4CH4/c1-5-31(3)20-28-32(4)25(17-19-33(23(2)30(31)35)18-16-24(21-34)29(32)33)22-37(36-28,26-12-8-6-9-13-26)27-14-10-7-11-15-27;1-5-19(3)10-16(24)20(4)15(12-23)7-9-21(13(2)18(19)25)8-6-14(11-22)17(20)21;2*1-2;;;;/h6-15,23-25,28-29,34H,5,16-22H2,1-4H3;13-17,22-24H,5-12H2,1-4H3;2*1H3;4*1H4/t23-,24-,25-,28+,29?,31+,32-,33+;13-,14-,15-,16+,17?,19+,20-,21+;;;;;;/m00....../s1/i;;;;2*1D;;. The largest absolute Gasteiger partial charge is 0.404 e. The molecule has 1 saturated heterocycles. The highest BCUT2D eigenvalue weighted by atomic mass is 28.4. The maximum Gasteiger partial charge on any atom is 0.256 e. The zero-order valence-corrected chi connectivity index (χ0v) is 45.1. The van der Waals surface area contributed by atoms with E-state index in [2.05, 4.69) is 102 Å². The van der Waals surface area contributed by atoms with Gasteiger partial charge < -0.3 is 24.9 Å². The van der Waals surface area contributed by atoms with Crippen LogP contribution in [0.25, 0.3) is 0 Å². The molecule has 0 spiro atoms. The van der Waals surface area contributed by atoms with Crippen molar-refractivity contribution in [2.75, 3.05) is 34.2 Å². The molecule has 70 heavy (non-hydrogen) atoms. The van der Waals surface area contributed by atoms with Crippen molar-refractivity contribution in [1.82, 2.24) is 0 Å². The molecular formula is C60H102F2O7Si. The zero-order valence-electron chi connectivity index (χ0n) is 46.1. The molecule has 4 N–H and O–H groups in total. The molecule has 2 aromatic carbocycles. The Hall–Kier alpha value is -2.34.